The molecule has 2 aromatic rings. The average Bonchev–Trinajstić information content (AvgIpc) is 2.97. The molecule has 0 saturated carbocycles. The van der Waals surface area contributed by atoms with Crippen molar-refractivity contribution in [3.05, 3.63) is 53.6 Å². The molecule has 21 heavy (non-hydrogen) atoms. The molecule has 3 rings (SSSR count). The summed E-state index contributed by atoms with van der Waals surface area (Å²) in [5.41, 5.74) is 2.02. The molecule has 0 aromatic heterocycles. The highest BCUT2D eigenvalue weighted by Crippen LogP contribution is 2.46. The molecule has 2 aromatic carbocycles. The van der Waals surface area contributed by atoms with Gasteiger partial charge in [-0.15, -0.1) is 11.8 Å². The predicted octanol–water partition coefficient (Wildman–Crippen LogP) is 3.45. The second kappa shape index (κ2) is 6.00. The fraction of sp³-hybridized carbons (Fsp3) is 0.294. The van der Waals surface area contributed by atoms with E-state index in [2.05, 4.69) is 12.1 Å². The lowest BCUT2D eigenvalue weighted by molar-refractivity contribution is 0.166. The van der Waals surface area contributed by atoms with Crippen LogP contribution in [0.15, 0.2) is 47.4 Å². The fourth-order valence-corrected chi connectivity index (χ4v) is 4.06. The van der Waals surface area contributed by atoms with Crippen molar-refractivity contribution in [2.75, 3.05) is 14.2 Å². The molecule has 0 amide bonds. The van der Waals surface area contributed by atoms with E-state index in [9.17, 15) is 5.11 Å². The lowest BCUT2D eigenvalue weighted by Crippen LogP contribution is -2.16. The van der Waals surface area contributed by atoms with Gasteiger partial charge < -0.3 is 14.6 Å². The highest BCUT2D eigenvalue weighted by atomic mass is 32.2. The van der Waals surface area contributed by atoms with Crippen LogP contribution in [0.5, 0.6) is 11.5 Å². The molecule has 1 N–H and O–H groups in total. The molecule has 0 aliphatic carbocycles. The number of aliphatic hydroxyl groups is 1. The van der Waals surface area contributed by atoms with Crippen molar-refractivity contribution in [1.82, 2.24) is 0 Å². The highest BCUT2D eigenvalue weighted by molar-refractivity contribution is 8.00. The Labute approximate surface area is 128 Å². The van der Waals surface area contributed by atoms with E-state index in [0.717, 1.165) is 12.0 Å². The van der Waals surface area contributed by atoms with Crippen LogP contribution in [0.3, 0.4) is 0 Å². The summed E-state index contributed by atoms with van der Waals surface area (Å²) in [7, 11) is 3.23. The molecule has 1 aliphatic rings. The summed E-state index contributed by atoms with van der Waals surface area (Å²) in [5, 5.41) is 10.9. The first-order valence-electron chi connectivity index (χ1n) is 6.88. The van der Waals surface area contributed by atoms with Crippen LogP contribution < -0.4 is 9.47 Å². The maximum Gasteiger partial charge on any atom is 0.128 e. The Balaban J connectivity index is 1.92. The average molecular weight is 302 g/mol. The van der Waals surface area contributed by atoms with Crippen molar-refractivity contribution < 1.29 is 14.6 Å². The summed E-state index contributed by atoms with van der Waals surface area (Å²) in [6.07, 6.45) is 0.219. The summed E-state index contributed by atoms with van der Waals surface area (Å²) < 4.78 is 10.8. The van der Waals surface area contributed by atoms with Crippen LogP contribution in [-0.2, 0) is 6.42 Å². The van der Waals surface area contributed by atoms with Crippen LogP contribution >= 0.6 is 11.8 Å². The van der Waals surface area contributed by atoms with Crippen molar-refractivity contribution in [2.24, 2.45) is 0 Å². The molecule has 2 unspecified atom stereocenters. The quantitative estimate of drug-likeness (QED) is 0.939. The number of aliphatic hydroxyl groups excluding tert-OH is 1. The zero-order chi connectivity index (χ0) is 14.8. The van der Waals surface area contributed by atoms with Gasteiger partial charge in [-0.2, -0.15) is 0 Å². The van der Waals surface area contributed by atoms with Gasteiger partial charge in [-0.25, -0.2) is 0 Å². The Hall–Kier alpha value is -1.65. The Kier molecular flexibility index (Phi) is 4.08. The summed E-state index contributed by atoms with van der Waals surface area (Å²) in [5.74, 6) is 1.33. The van der Waals surface area contributed by atoms with Gasteiger partial charge in [0.1, 0.15) is 11.5 Å². The van der Waals surface area contributed by atoms with Gasteiger partial charge in [0.15, 0.2) is 0 Å². The van der Waals surface area contributed by atoms with E-state index >= 15 is 0 Å². The third-order valence-electron chi connectivity index (χ3n) is 3.79. The second-order valence-electron chi connectivity index (χ2n) is 4.99. The minimum absolute atomic E-state index is 0.0765. The molecule has 0 radical (unpaired) electrons. The number of methoxy groups -OCH3 is 2. The van der Waals surface area contributed by atoms with Gasteiger partial charge >= 0.3 is 0 Å². The van der Waals surface area contributed by atoms with Gasteiger partial charge in [0.05, 0.1) is 25.9 Å². The molecular weight excluding hydrogens is 284 g/mol. The molecule has 110 valence electrons. The van der Waals surface area contributed by atoms with Gasteiger partial charge in [0.2, 0.25) is 0 Å². The SMILES string of the molecule is COc1cccc(OC)c1C(O)C1Cc2ccccc2S1. The number of hydrogen-bond acceptors (Lipinski definition) is 4. The Morgan fingerprint density at radius 2 is 1.71 bits per heavy atom. The Morgan fingerprint density at radius 3 is 2.33 bits per heavy atom. The van der Waals surface area contributed by atoms with Gasteiger partial charge in [0, 0.05) is 10.1 Å². The maximum absolute atomic E-state index is 10.8. The zero-order valence-corrected chi connectivity index (χ0v) is 12.9. The minimum Gasteiger partial charge on any atom is -0.496 e. The predicted molar refractivity (Wildman–Crippen MR) is 84.3 cm³/mol. The molecular formula is C17H18O3S. The third kappa shape index (κ3) is 2.61. The van der Waals surface area contributed by atoms with E-state index < -0.39 is 6.10 Å². The van der Waals surface area contributed by atoms with Crippen LogP contribution in [0.4, 0.5) is 0 Å². The van der Waals surface area contributed by atoms with E-state index in [1.165, 1.54) is 10.5 Å². The van der Waals surface area contributed by atoms with Gasteiger partial charge in [-0.3, -0.25) is 0 Å². The number of fused-ring (bicyclic) bond motifs is 1. The molecule has 0 spiro atoms. The van der Waals surface area contributed by atoms with E-state index in [1.54, 1.807) is 26.0 Å². The normalized spacial score (nSPS) is 18.1. The second-order valence-corrected chi connectivity index (χ2v) is 6.27. The van der Waals surface area contributed by atoms with Crippen LogP contribution in [0.25, 0.3) is 0 Å². The monoisotopic (exact) mass is 302 g/mol. The topological polar surface area (TPSA) is 38.7 Å². The number of benzene rings is 2. The molecule has 0 fully saturated rings. The van der Waals surface area contributed by atoms with Crippen LogP contribution in [0.2, 0.25) is 0 Å². The lowest BCUT2D eigenvalue weighted by Gasteiger charge is -2.22. The van der Waals surface area contributed by atoms with E-state index in [-0.39, 0.29) is 5.25 Å². The molecule has 4 heteroatoms. The van der Waals surface area contributed by atoms with Crippen molar-refractivity contribution in [2.45, 2.75) is 22.7 Å². The Morgan fingerprint density at radius 1 is 1.05 bits per heavy atom. The van der Waals surface area contributed by atoms with E-state index in [0.29, 0.717) is 11.5 Å². The summed E-state index contributed by atoms with van der Waals surface area (Å²) in [6, 6.07) is 13.9. The Bertz CT molecular complexity index is 594. The van der Waals surface area contributed by atoms with Gasteiger partial charge in [-0.05, 0) is 30.2 Å². The van der Waals surface area contributed by atoms with Gasteiger partial charge in [0.25, 0.3) is 0 Å². The highest BCUT2D eigenvalue weighted by Gasteiger charge is 2.32. The molecule has 3 nitrogen and oxygen atoms in total. The van der Waals surface area contributed by atoms with Gasteiger partial charge in [-0.1, -0.05) is 24.3 Å². The van der Waals surface area contributed by atoms with Crippen LogP contribution in [0, 0.1) is 0 Å². The molecule has 0 saturated heterocycles. The van der Waals surface area contributed by atoms with Crippen LogP contribution in [0.1, 0.15) is 17.2 Å². The molecule has 2 atom stereocenters. The molecule has 1 heterocycles. The fourth-order valence-electron chi connectivity index (χ4n) is 2.74. The summed E-state index contributed by atoms with van der Waals surface area (Å²) >= 11 is 1.72. The first-order chi connectivity index (χ1) is 10.2. The summed E-state index contributed by atoms with van der Waals surface area (Å²) in [4.78, 5) is 1.25. The zero-order valence-electron chi connectivity index (χ0n) is 12.1. The smallest absolute Gasteiger partial charge is 0.128 e. The van der Waals surface area contributed by atoms with Crippen molar-refractivity contribution >= 4 is 11.8 Å². The van der Waals surface area contributed by atoms with Crippen LogP contribution in [-0.4, -0.2) is 24.6 Å². The first-order valence-corrected chi connectivity index (χ1v) is 7.76. The standard InChI is InChI=1S/C17H18O3S/c1-19-12-7-5-8-13(20-2)16(12)17(18)15-10-11-6-3-4-9-14(11)21-15/h3-9,15,17-18H,10H2,1-2H3. The van der Waals surface area contributed by atoms with Crippen molar-refractivity contribution in [1.29, 1.82) is 0 Å². The number of ether oxygens (including phenoxy) is 2. The van der Waals surface area contributed by atoms with E-state index in [4.69, 9.17) is 9.47 Å². The van der Waals surface area contributed by atoms with E-state index in [1.807, 2.05) is 30.3 Å². The largest absolute Gasteiger partial charge is 0.496 e. The third-order valence-corrected chi connectivity index (χ3v) is 5.17. The number of rotatable bonds is 4. The first kappa shape index (κ1) is 14.3. The number of hydrogen-bond donors (Lipinski definition) is 1. The molecule has 1 aliphatic heterocycles. The maximum atomic E-state index is 10.8. The van der Waals surface area contributed by atoms with Crippen molar-refractivity contribution in [3.8, 4) is 11.5 Å². The molecule has 0 bridgehead atoms. The minimum atomic E-state index is -0.631. The number of thioether (sulfide) groups is 1. The van der Waals surface area contributed by atoms with Crippen molar-refractivity contribution in [3.63, 3.8) is 0 Å². The summed E-state index contributed by atoms with van der Waals surface area (Å²) in [6.45, 7) is 0. The lowest BCUT2D eigenvalue weighted by atomic mass is 9.99.